The number of aryl methyl sites for hydroxylation is 1. The van der Waals surface area contributed by atoms with Crippen molar-refractivity contribution in [3.05, 3.63) is 36.0 Å². The summed E-state index contributed by atoms with van der Waals surface area (Å²) in [5, 5.41) is 1.32. The highest BCUT2D eigenvalue weighted by Crippen LogP contribution is 2.35. The molecular weight excluding hydrogens is 214 g/mol. The van der Waals surface area contributed by atoms with Crippen LogP contribution in [0.4, 0.5) is 0 Å². The summed E-state index contributed by atoms with van der Waals surface area (Å²) in [7, 11) is 0. The van der Waals surface area contributed by atoms with E-state index in [9.17, 15) is 0 Å². The number of aromatic nitrogens is 1. The van der Waals surface area contributed by atoms with Crippen LogP contribution in [0.3, 0.4) is 0 Å². The summed E-state index contributed by atoms with van der Waals surface area (Å²) in [6.45, 7) is 2.29. The summed E-state index contributed by atoms with van der Waals surface area (Å²) in [4.78, 5) is 0. The lowest BCUT2D eigenvalue weighted by Crippen LogP contribution is -2.39. The number of fused-ring (bicyclic) bond motifs is 3. The quantitative estimate of drug-likeness (QED) is 0.692. The number of para-hydroxylation sites is 1. The average Bonchev–Trinajstić information content (AvgIpc) is 2.95. The largest absolute Gasteiger partial charge is 0.346 e. The molecule has 0 atom stereocenters. The molecule has 88 valence electrons. The van der Waals surface area contributed by atoms with Gasteiger partial charge < -0.3 is 14.0 Å². The Morgan fingerprint density at radius 1 is 1.12 bits per heavy atom. The first-order valence-electron chi connectivity index (χ1n) is 6.21. The number of rotatable bonds is 0. The molecule has 0 unspecified atom stereocenters. The van der Waals surface area contributed by atoms with Gasteiger partial charge in [-0.15, -0.1) is 0 Å². The number of hydrogen-bond donors (Lipinski definition) is 0. The summed E-state index contributed by atoms with van der Waals surface area (Å²) in [5.41, 5.74) is 2.69. The predicted octanol–water partition coefficient (Wildman–Crippen LogP) is 2.33. The molecular formula is C14H15NO2. The van der Waals surface area contributed by atoms with E-state index in [0.29, 0.717) is 0 Å². The summed E-state index contributed by atoms with van der Waals surface area (Å²) in [6, 6.07) is 10.8. The van der Waals surface area contributed by atoms with E-state index >= 15 is 0 Å². The monoisotopic (exact) mass is 229 g/mol. The summed E-state index contributed by atoms with van der Waals surface area (Å²) < 4.78 is 14.0. The molecule has 0 aliphatic carbocycles. The van der Waals surface area contributed by atoms with Crippen molar-refractivity contribution >= 4 is 10.9 Å². The van der Waals surface area contributed by atoms with E-state index < -0.39 is 0 Å². The molecule has 1 spiro atoms. The van der Waals surface area contributed by atoms with Gasteiger partial charge in [0.1, 0.15) is 0 Å². The summed E-state index contributed by atoms with van der Waals surface area (Å²) >= 11 is 0. The van der Waals surface area contributed by atoms with Gasteiger partial charge in [0, 0.05) is 17.6 Å². The topological polar surface area (TPSA) is 23.4 Å². The molecule has 3 heteroatoms. The molecule has 0 radical (unpaired) electrons. The zero-order chi connectivity index (χ0) is 11.3. The molecule has 1 aromatic carbocycles. The van der Waals surface area contributed by atoms with E-state index in [4.69, 9.17) is 9.47 Å². The van der Waals surface area contributed by atoms with Crippen molar-refractivity contribution in [3.8, 4) is 0 Å². The lowest BCUT2D eigenvalue weighted by molar-refractivity contribution is -0.176. The maximum Gasteiger partial charge on any atom is 0.186 e. The van der Waals surface area contributed by atoms with E-state index in [1.165, 1.54) is 16.6 Å². The molecule has 1 aromatic heterocycles. The minimum absolute atomic E-state index is 0.352. The lowest BCUT2D eigenvalue weighted by atomic mass is 10.0. The van der Waals surface area contributed by atoms with Gasteiger partial charge in [0.25, 0.3) is 0 Å². The molecule has 2 aromatic rings. The van der Waals surface area contributed by atoms with Crippen LogP contribution in [0.25, 0.3) is 10.9 Å². The second-order valence-corrected chi connectivity index (χ2v) is 4.89. The first-order valence-corrected chi connectivity index (χ1v) is 6.21. The standard InChI is InChI=1S/C14H15NO2/c1-2-4-13-11(3-1)9-12-5-6-14(10-15(12)13)16-7-8-17-14/h1-4,9H,5-8,10H2. The highest BCUT2D eigenvalue weighted by Gasteiger charge is 2.40. The summed E-state index contributed by atoms with van der Waals surface area (Å²) in [5.74, 6) is -0.352. The van der Waals surface area contributed by atoms with Crippen LogP contribution in [0, 0.1) is 0 Å². The Labute approximate surface area is 99.9 Å². The first kappa shape index (κ1) is 9.68. The normalized spacial score (nSPS) is 22.1. The van der Waals surface area contributed by atoms with E-state index in [0.717, 1.165) is 32.6 Å². The van der Waals surface area contributed by atoms with Gasteiger partial charge in [-0.1, -0.05) is 18.2 Å². The minimum Gasteiger partial charge on any atom is -0.346 e. The Bertz CT molecular complexity index is 567. The van der Waals surface area contributed by atoms with Crippen LogP contribution >= 0.6 is 0 Å². The van der Waals surface area contributed by atoms with Crippen molar-refractivity contribution in [3.63, 3.8) is 0 Å². The average molecular weight is 229 g/mol. The van der Waals surface area contributed by atoms with Gasteiger partial charge in [-0.05, 0) is 23.9 Å². The second kappa shape index (κ2) is 3.34. The maximum atomic E-state index is 5.81. The number of nitrogens with zero attached hydrogens (tertiary/aromatic N) is 1. The molecule has 0 N–H and O–H groups in total. The maximum absolute atomic E-state index is 5.81. The zero-order valence-electron chi connectivity index (χ0n) is 9.69. The fraction of sp³-hybridized carbons (Fsp3) is 0.429. The smallest absolute Gasteiger partial charge is 0.186 e. The predicted molar refractivity (Wildman–Crippen MR) is 64.9 cm³/mol. The molecule has 3 heterocycles. The van der Waals surface area contributed by atoms with Crippen LogP contribution in [0.2, 0.25) is 0 Å². The van der Waals surface area contributed by atoms with Crippen LogP contribution in [-0.2, 0) is 22.4 Å². The highest BCUT2D eigenvalue weighted by molar-refractivity contribution is 5.81. The Hall–Kier alpha value is -1.32. The van der Waals surface area contributed by atoms with Gasteiger partial charge in [-0.2, -0.15) is 0 Å². The Morgan fingerprint density at radius 2 is 1.94 bits per heavy atom. The molecule has 3 nitrogen and oxygen atoms in total. The molecule has 2 aliphatic heterocycles. The molecule has 4 rings (SSSR count). The molecule has 0 amide bonds. The summed E-state index contributed by atoms with van der Waals surface area (Å²) in [6.07, 6.45) is 2.01. The van der Waals surface area contributed by atoms with Crippen molar-refractivity contribution in [1.29, 1.82) is 0 Å². The third-order valence-corrected chi connectivity index (χ3v) is 3.87. The molecule has 1 saturated heterocycles. The molecule has 17 heavy (non-hydrogen) atoms. The number of ether oxygens (including phenoxy) is 2. The van der Waals surface area contributed by atoms with Crippen molar-refractivity contribution in [2.75, 3.05) is 13.2 Å². The fourth-order valence-corrected chi connectivity index (χ4v) is 3.03. The van der Waals surface area contributed by atoms with Crippen molar-refractivity contribution < 1.29 is 9.47 Å². The molecule has 0 saturated carbocycles. The van der Waals surface area contributed by atoms with Crippen LogP contribution < -0.4 is 0 Å². The van der Waals surface area contributed by atoms with Crippen LogP contribution in [0.15, 0.2) is 30.3 Å². The van der Waals surface area contributed by atoms with E-state index in [-0.39, 0.29) is 5.79 Å². The Balaban J connectivity index is 1.85. The van der Waals surface area contributed by atoms with Gasteiger partial charge in [0.2, 0.25) is 0 Å². The Kier molecular flexibility index (Phi) is 1.90. The number of hydrogen-bond acceptors (Lipinski definition) is 2. The van der Waals surface area contributed by atoms with Crippen LogP contribution in [-0.4, -0.2) is 23.6 Å². The SMILES string of the molecule is c1ccc2c(c1)cc1n2CC2(CC1)OCCO2. The van der Waals surface area contributed by atoms with Crippen molar-refractivity contribution in [1.82, 2.24) is 4.57 Å². The number of benzene rings is 1. The minimum atomic E-state index is -0.352. The van der Waals surface area contributed by atoms with E-state index in [1.807, 2.05) is 0 Å². The van der Waals surface area contributed by atoms with Gasteiger partial charge in [-0.3, -0.25) is 0 Å². The zero-order valence-corrected chi connectivity index (χ0v) is 9.69. The van der Waals surface area contributed by atoms with Gasteiger partial charge in [0.15, 0.2) is 5.79 Å². The van der Waals surface area contributed by atoms with Gasteiger partial charge >= 0.3 is 0 Å². The van der Waals surface area contributed by atoms with Gasteiger partial charge in [-0.25, -0.2) is 0 Å². The highest BCUT2D eigenvalue weighted by atomic mass is 16.7. The van der Waals surface area contributed by atoms with Crippen LogP contribution in [0.5, 0.6) is 0 Å². The molecule has 0 bridgehead atoms. The molecule has 1 fully saturated rings. The molecule has 2 aliphatic rings. The Morgan fingerprint density at radius 3 is 2.82 bits per heavy atom. The van der Waals surface area contributed by atoms with E-state index in [2.05, 4.69) is 34.9 Å². The van der Waals surface area contributed by atoms with Crippen molar-refractivity contribution in [2.24, 2.45) is 0 Å². The lowest BCUT2D eigenvalue weighted by Gasteiger charge is -2.33. The van der Waals surface area contributed by atoms with E-state index in [1.54, 1.807) is 0 Å². The third-order valence-electron chi connectivity index (χ3n) is 3.87. The second-order valence-electron chi connectivity index (χ2n) is 4.89. The first-order chi connectivity index (χ1) is 8.36. The van der Waals surface area contributed by atoms with Crippen LogP contribution in [0.1, 0.15) is 12.1 Å². The fourth-order valence-electron chi connectivity index (χ4n) is 3.03. The van der Waals surface area contributed by atoms with Gasteiger partial charge in [0.05, 0.1) is 19.8 Å². The van der Waals surface area contributed by atoms with Crippen molar-refractivity contribution in [2.45, 2.75) is 25.2 Å². The third kappa shape index (κ3) is 1.36.